The van der Waals surface area contributed by atoms with Crippen molar-refractivity contribution < 1.29 is 22.4 Å². The van der Waals surface area contributed by atoms with Gasteiger partial charge in [0, 0.05) is 17.1 Å². The molecule has 0 saturated heterocycles. The van der Waals surface area contributed by atoms with Crippen molar-refractivity contribution >= 4 is 39.1 Å². The van der Waals surface area contributed by atoms with Gasteiger partial charge in [-0.2, -0.15) is 0 Å². The van der Waals surface area contributed by atoms with E-state index in [1.54, 1.807) is 25.1 Å². The molecule has 0 aliphatic heterocycles. The summed E-state index contributed by atoms with van der Waals surface area (Å²) in [5.41, 5.74) is 1.13. The van der Waals surface area contributed by atoms with E-state index in [4.69, 9.17) is 11.6 Å². The topological polar surface area (TPSA) is 86.8 Å². The van der Waals surface area contributed by atoms with Gasteiger partial charge >= 0.3 is 0 Å². The van der Waals surface area contributed by atoms with Crippen molar-refractivity contribution in [3.63, 3.8) is 0 Å². The number of halogens is 2. The van der Waals surface area contributed by atoms with E-state index < -0.39 is 45.8 Å². The third-order valence-electron chi connectivity index (χ3n) is 5.90. The molecule has 39 heavy (non-hydrogen) atoms. The third kappa shape index (κ3) is 8.03. The summed E-state index contributed by atoms with van der Waals surface area (Å²) in [6, 6.07) is 17.1. The van der Waals surface area contributed by atoms with Crippen LogP contribution in [0.1, 0.15) is 38.8 Å². The van der Waals surface area contributed by atoms with Crippen LogP contribution in [0.5, 0.6) is 0 Å². The lowest BCUT2D eigenvalue weighted by Gasteiger charge is -2.33. The monoisotopic (exact) mass is 573 g/mol. The van der Waals surface area contributed by atoms with E-state index in [2.05, 4.69) is 5.32 Å². The first kappa shape index (κ1) is 30.1. The van der Waals surface area contributed by atoms with Crippen molar-refractivity contribution in [2.24, 2.45) is 0 Å². The summed E-state index contributed by atoms with van der Waals surface area (Å²) in [6.45, 7) is 8.26. The summed E-state index contributed by atoms with van der Waals surface area (Å²) < 4.78 is 42.1. The first-order chi connectivity index (χ1) is 18.2. The van der Waals surface area contributed by atoms with E-state index in [0.717, 1.165) is 9.87 Å². The van der Waals surface area contributed by atoms with E-state index in [1.165, 1.54) is 53.4 Å². The Hall–Kier alpha value is -3.43. The summed E-state index contributed by atoms with van der Waals surface area (Å²) in [7, 11) is -4.19. The van der Waals surface area contributed by atoms with Gasteiger partial charge in [-0.1, -0.05) is 35.9 Å². The Kier molecular flexibility index (Phi) is 9.40. The summed E-state index contributed by atoms with van der Waals surface area (Å²) in [5, 5.41) is 3.24. The van der Waals surface area contributed by atoms with Gasteiger partial charge in [-0.3, -0.25) is 13.9 Å². The second-order valence-electron chi connectivity index (χ2n) is 10.4. The molecule has 1 N–H and O–H groups in total. The van der Waals surface area contributed by atoms with Gasteiger partial charge in [0.25, 0.3) is 10.0 Å². The van der Waals surface area contributed by atoms with Gasteiger partial charge in [-0.25, -0.2) is 12.8 Å². The van der Waals surface area contributed by atoms with Crippen molar-refractivity contribution in [1.29, 1.82) is 0 Å². The minimum Gasteiger partial charge on any atom is -0.350 e. The number of hydrogen-bond acceptors (Lipinski definition) is 4. The van der Waals surface area contributed by atoms with Crippen molar-refractivity contribution in [2.45, 2.75) is 57.6 Å². The number of sulfonamides is 1. The number of rotatable bonds is 9. The summed E-state index contributed by atoms with van der Waals surface area (Å²) in [6.07, 6.45) is 0. The lowest BCUT2D eigenvalue weighted by atomic mass is 10.1. The largest absolute Gasteiger partial charge is 0.350 e. The molecule has 208 valence electrons. The zero-order valence-electron chi connectivity index (χ0n) is 22.6. The van der Waals surface area contributed by atoms with Crippen LogP contribution in [-0.4, -0.2) is 43.3 Å². The standard InChI is InChI=1S/C29H33ClFN3O4S/c1-20-7-6-8-25(17-20)34(39(37,38)26-15-11-23(30)12-16-26)19-27(35)33(18-22-9-13-24(31)14-10-22)21(2)28(36)32-29(3,4)5/h6-17,21H,18-19H2,1-5H3,(H,32,36)/t21-/m1/s1. The van der Waals surface area contributed by atoms with Crippen LogP contribution < -0.4 is 9.62 Å². The zero-order chi connectivity index (χ0) is 29.0. The van der Waals surface area contributed by atoms with Gasteiger partial charge in [-0.05, 0) is 94.3 Å². The molecular formula is C29H33ClFN3O4S. The fraction of sp³-hybridized carbons (Fsp3) is 0.310. The Morgan fingerprint density at radius 2 is 1.62 bits per heavy atom. The third-order valence-corrected chi connectivity index (χ3v) is 7.94. The van der Waals surface area contributed by atoms with E-state index in [-0.39, 0.29) is 11.4 Å². The average Bonchev–Trinajstić information content (AvgIpc) is 2.85. The van der Waals surface area contributed by atoms with Crippen molar-refractivity contribution in [1.82, 2.24) is 10.2 Å². The molecule has 0 aliphatic rings. The molecule has 0 aromatic heterocycles. The molecule has 0 unspecified atom stereocenters. The molecule has 7 nitrogen and oxygen atoms in total. The molecule has 0 spiro atoms. The minimum absolute atomic E-state index is 0.0273. The first-order valence-electron chi connectivity index (χ1n) is 12.4. The molecule has 10 heteroatoms. The summed E-state index contributed by atoms with van der Waals surface area (Å²) in [4.78, 5) is 28.2. The predicted molar refractivity (Wildman–Crippen MR) is 151 cm³/mol. The van der Waals surface area contributed by atoms with Crippen LogP contribution in [0.4, 0.5) is 10.1 Å². The van der Waals surface area contributed by atoms with Crippen LogP contribution in [0.15, 0.2) is 77.7 Å². The van der Waals surface area contributed by atoms with Gasteiger partial charge in [-0.15, -0.1) is 0 Å². The highest BCUT2D eigenvalue weighted by Crippen LogP contribution is 2.26. The van der Waals surface area contributed by atoms with Gasteiger partial charge in [0.05, 0.1) is 10.6 Å². The maximum Gasteiger partial charge on any atom is 0.264 e. The number of aryl methyl sites for hydroxylation is 1. The first-order valence-corrected chi connectivity index (χ1v) is 14.2. The SMILES string of the molecule is Cc1cccc(N(CC(=O)N(Cc2ccc(F)cc2)[C@H](C)C(=O)NC(C)(C)C)S(=O)(=O)c2ccc(Cl)cc2)c1. The molecule has 1 atom stereocenters. The van der Waals surface area contributed by atoms with Crippen LogP contribution in [0, 0.1) is 12.7 Å². The van der Waals surface area contributed by atoms with E-state index in [9.17, 15) is 22.4 Å². The number of carbonyl (C=O) groups excluding carboxylic acids is 2. The molecule has 3 aromatic carbocycles. The highest BCUT2D eigenvalue weighted by atomic mass is 35.5. The van der Waals surface area contributed by atoms with Crippen LogP contribution in [0.25, 0.3) is 0 Å². The highest BCUT2D eigenvalue weighted by Gasteiger charge is 2.33. The molecule has 0 aliphatic carbocycles. The average molecular weight is 574 g/mol. The number of nitrogens with zero attached hydrogens (tertiary/aromatic N) is 2. The maximum atomic E-state index is 13.9. The fourth-order valence-electron chi connectivity index (χ4n) is 3.89. The van der Waals surface area contributed by atoms with Crippen LogP contribution in [0.3, 0.4) is 0 Å². The van der Waals surface area contributed by atoms with E-state index >= 15 is 0 Å². The van der Waals surface area contributed by atoms with E-state index in [1.807, 2.05) is 33.8 Å². The van der Waals surface area contributed by atoms with E-state index in [0.29, 0.717) is 16.3 Å². The number of anilines is 1. The van der Waals surface area contributed by atoms with Gasteiger partial charge in [0.2, 0.25) is 11.8 Å². The lowest BCUT2D eigenvalue weighted by Crippen LogP contribution is -2.54. The van der Waals surface area contributed by atoms with Crippen molar-refractivity contribution in [3.8, 4) is 0 Å². The number of benzene rings is 3. The smallest absolute Gasteiger partial charge is 0.264 e. The summed E-state index contributed by atoms with van der Waals surface area (Å²) >= 11 is 5.97. The number of amides is 2. The second-order valence-corrected chi connectivity index (χ2v) is 12.7. The normalized spacial score (nSPS) is 12.5. The predicted octanol–water partition coefficient (Wildman–Crippen LogP) is 5.31. The Morgan fingerprint density at radius 3 is 2.18 bits per heavy atom. The maximum absolute atomic E-state index is 13.9. The number of hydrogen-bond donors (Lipinski definition) is 1. The summed E-state index contributed by atoms with van der Waals surface area (Å²) in [5.74, 6) is -1.44. The number of nitrogens with one attached hydrogen (secondary N) is 1. The number of carbonyl (C=O) groups is 2. The van der Waals surface area contributed by atoms with Crippen molar-refractivity contribution in [3.05, 3.63) is 94.8 Å². The fourth-order valence-corrected chi connectivity index (χ4v) is 5.42. The van der Waals surface area contributed by atoms with Gasteiger partial charge in [0.15, 0.2) is 0 Å². The van der Waals surface area contributed by atoms with Crippen LogP contribution >= 0.6 is 11.6 Å². The minimum atomic E-state index is -4.19. The molecule has 3 rings (SSSR count). The molecule has 2 amide bonds. The highest BCUT2D eigenvalue weighted by molar-refractivity contribution is 7.92. The molecule has 0 saturated carbocycles. The van der Waals surface area contributed by atoms with Crippen LogP contribution in [0.2, 0.25) is 5.02 Å². The molecule has 0 fully saturated rings. The Balaban J connectivity index is 2.03. The van der Waals surface area contributed by atoms with Gasteiger partial charge < -0.3 is 10.2 Å². The quantitative estimate of drug-likeness (QED) is 0.376. The molecule has 3 aromatic rings. The van der Waals surface area contributed by atoms with Crippen LogP contribution in [-0.2, 0) is 26.2 Å². The molecule has 0 heterocycles. The Morgan fingerprint density at radius 1 is 1.00 bits per heavy atom. The van der Waals surface area contributed by atoms with Gasteiger partial charge in [0.1, 0.15) is 18.4 Å². The second kappa shape index (κ2) is 12.2. The Labute approximate surface area is 234 Å². The van der Waals surface area contributed by atoms with Crippen molar-refractivity contribution in [2.75, 3.05) is 10.8 Å². The Bertz CT molecular complexity index is 1420. The zero-order valence-corrected chi connectivity index (χ0v) is 24.2. The molecule has 0 radical (unpaired) electrons. The lowest BCUT2D eigenvalue weighted by molar-refractivity contribution is -0.140. The molecule has 0 bridgehead atoms. The molecular weight excluding hydrogens is 541 g/mol.